The lowest BCUT2D eigenvalue weighted by atomic mass is 10.2. The van der Waals surface area contributed by atoms with Crippen LogP contribution in [0.5, 0.6) is 17.2 Å². The number of nitrogens with zero attached hydrogens (tertiary/aromatic N) is 1. The van der Waals surface area contributed by atoms with Gasteiger partial charge in [0.05, 0.1) is 28.9 Å². The van der Waals surface area contributed by atoms with Gasteiger partial charge in [0.1, 0.15) is 5.75 Å². The van der Waals surface area contributed by atoms with Gasteiger partial charge in [0.15, 0.2) is 18.1 Å². The summed E-state index contributed by atoms with van der Waals surface area (Å²) < 4.78 is 17.0. The first-order valence-corrected chi connectivity index (χ1v) is 11.0. The molecule has 0 aliphatic rings. The van der Waals surface area contributed by atoms with Crippen LogP contribution in [-0.2, 0) is 4.79 Å². The number of hydrogen-bond donors (Lipinski definition) is 1. The van der Waals surface area contributed by atoms with Gasteiger partial charge in [0.2, 0.25) is 0 Å². The number of carbonyl (C=O) groups excluding carboxylic acids is 2. The number of nitrogens with one attached hydrogen (secondary N) is 1. The van der Waals surface area contributed by atoms with Crippen LogP contribution in [0.2, 0.25) is 10.0 Å². The predicted octanol–water partition coefficient (Wildman–Crippen LogP) is 5.51. The third kappa shape index (κ3) is 7.21. The van der Waals surface area contributed by atoms with Crippen molar-refractivity contribution in [3.05, 3.63) is 86.3 Å². The second-order valence-electron chi connectivity index (χ2n) is 6.46. The van der Waals surface area contributed by atoms with Gasteiger partial charge in [-0.05, 0) is 66.2 Å². The topological polar surface area (TPSA) is 86.2 Å². The molecule has 0 atom stereocenters. The van der Waals surface area contributed by atoms with E-state index in [0.29, 0.717) is 22.1 Å². The van der Waals surface area contributed by atoms with Gasteiger partial charge in [-0.3, -0.25) is 4.79 Å². The van der Waals surface area contributed by atoms with Crippen molar-refractivity contribution in [1.29, 1.82) is 0 Å². The van der Waals surface area contributed by atoms with Gasteiger partial charge in [0, 0.05) is 4.47 Å². The summed E-state index contributed by atoms with van der Waals surface area (Å²) in [6.07, 6.45) is 1.42. The summed E-state index contributed by atoms with van der Waals surface area (Å²) in [7, 11) is 1.44. The zero-order chi connectivity index (χ0) is 23.8. The van der Waals surface area contributed by atoms with Crippen molar-refractivity contribution in [2.24, 2.45) is 5.10 Å². The highest BCUT2D eigenvalue weighted by molar-refractivity contribution is 9.10. The number of rotatable bonds is 8. The minimum atomic E-state index is -0.619. The van der Waals surface area contributed by atoms with Crippen LogP contribution in [-0.4, -0.2) is 31.8 Å². The molecule has 0 heterocycles. The van der Waals surface area contributed by atoms with Crippen LogP contribution in [0.25, 0.3) is 0 Å². The Bertz CT molecular complexity index is 1190. The van der Waals surface area contributed by atoms with Crippen LogP contribution in [0.3, 0.4) is 0 Å². The Morgan fingerprint density at radius 2 is 1.76 bits per heavy atom. The fraction of sp³-hybridized carbons (Fsp3) is 0.0870. The molecule has 0 aliphatic carbocycles. The molecule has 10 heteroatoms. The molecular weight excluding hydrogens is 535 g/mol. The Morgan fingerprint density at radius 3 is 2.45 bits per heavy atom. The van der Waals surface area contributed by atoms with E-state index in [4.69, 9.17) is 37.4 Å². The number of halogens is 3. The Labute approximate surface area is 208 Å². The van der Waals surface area contributed by atoms with Crippen LogP contribution < -0.4 is 19.6 Å². The Kier molecular flexibility index (Phi) is 8.71. The number of benzene rings is 3. The van der Waals surface area contributed by atoms with Gasteiger partial charge in [0.25, 0.3) is 5.91 Å². The van der Waals surface area contributed by atoms with Crippen molar-refractivity contribution in [3.63, 3.8) is 0 Å². The number of methoxy groups -OCH3 is 1. The lowest BCUT2D eigenvalue weighted by molar-refractivity contribution is -0.123. The summed E-state index contributed by atoms with van der Waals surface area (Å²) in [5.41, 5.74) is 3.22. The largest absolute Gasteiger partial charge is 0.493 e. The number of carbonyl (C=O) groups is 2. The molecule has 33 heavy (non-hydrogen) atoms. The molecule has 7 nitrogen and oxygen atoms in total. The lowest BCUT2D eigenvalue weighted by Crippen LogP contribution is -2.24. The van der Waals surface area contributed by atoms with Crippen LogP contribution >= 0.6 is 39.1 Å². The van der Waals surface area contributed by atoms with Crippen LogP contribution in [0.4, 0.5) is 0 Å². The number of esters is 1. The van der Waals surface area contributed by atoms with E-state index in [1.807, 2.05) is 12.1 Å². The first kappa shape index (κ1) is 24.6. The van der Waals surface area contributed by atoms with E-state index >= 15 is 0 Å². The van der Waals surface area contributed by atoms with Gasteiger partial charge < -0.3 is 14.2 Å². The van der Waals surface area contributed by atoms with Crippen molar-refractivity contribution in [1.82, 2.24) is 5.43 Å². The summed E-state index contributed by atoms with van der Waals surface area (Å²) in [5.74, 6) is 0.0302. The van der Waals surface area contributed by atoms with E-state index in [-0.39, 0.29) is 22.9 Å². The van der Waals surface area contributed by atoms with Crippen molar-refractivity contribution < 1.29 is 23.8 Å². The second-order valence-corrected chi connectivity index (χ2v) is 8.19. The zero-order valence-corrected chi connectivity index (χ0v) is 20.3. The summed E-state index contributed by atoms with van der Waals surface area (Å²) in [4.78, 5) is 24.3. The summed E-state index contributed by atoms with van der Waals surface area (Å²) in [6, 6.07) is 16.3. The molecule has 170 valence electrons. The average molecular weight is 552 g/mol. The van der Waals surface area contributed by atoms with Crippen LogP contribution in [0.15, 0.2) is 70.2 Å². The van der Waals surface area contributed by atoms with Crippen molar-refractivity contribution in [2.45, 2.75) is 0 Å². The van der Waals surface area contributed by atoms with E-state index in [9.17, 15) is 9.59 Å². The number of ether oxygens (including phenoxy) is 3. The van der Waals surface area contributed by atoms with Crippen molar-refractivity contribution >= 4 is 57.2 Å². The minimum absolute atomic E-state index is 0.189. The molecule has 0 aliphatic heterocycles. The standard InChI is InChI=1S/C23H17BrCl2N2O5/c1-31-21-10-14(12-27-28-22(29)13-32-17-6-4-16(24)5-7-17)2-9-20(21)33-23(30)15-3-8-18(25)19(26)11-15/h2-12H,13H2,1H3,(H,28,29)/b27-12-. The molecule has 1 N–H and O–H groups in total. The monoisotopic (exact) mass is 550 g/mol. The van der Waals surface area contributed by atoms with Gasteiger partial charge in [-0.15, -0.1) is 0 Å². The highest BCUT2D eigenvalue weighted by Crippen LogP contribution is 2.29. The molecule has 3 aromatic rings. The lowest BCUT2D eigenvalue weighted by Gasteiger charge is -2.10. The molecule has 1 amide bonds. The Hall–Kier alpha value is -3.07. The van der Waals surface area contributed by atoms with Crippen molar-refractivity contribution in [3.8, 4) is 17.2 Å². The molecule has 0 radical (unpaired) electrons. The molecule has 0 bridgehead atoms. The normalized spacial score (nSPS) is 10.7. The summed E-state index contributed by atoms with van der Waals surface area (Å²) >= 11 is 15.1. The number of hydrazone groups is 1. The van der Waals surface area contributed by atoms with Gasteiger partial charge >= 0.3 is 5.97 Å². The van der Waals surface area contributed by atoms with Gasteiger partial charge in [-0.2, -0.15) is 5.10 Å². The molecule has 0 saturated heterocycles. The fourth-order valence-electron chi connectivity index (χ4n) is 2.52. The summed E-state index contributed by atoms with van der Waals surface area (Å²) in [6.45, 7) is -0.189. The van der Waals surface area contributed by atoms with Crippen LogP contribution in [0.1, 0.15) is 15.9 Å². The second kappa shape index (κ2) is 11.7. The molecule has 0 spiro atoms. The van der Waals surface area contributed by atoms with E-state index in [1.165, 1.54) is 31.5 Å². The summed E-state index contributed by atoms with van der Waals surface area (Å²) in [5, 5.41) is 4.48. The van der Waals surface area contributed by atoms with Crippen LogP contribution in [0, 0.1) is 0 Å². The SMILES string of the molecule is COc1cc(/C=N\NC(=O)COc2ccc(Br)cc2)ccc1OC(=O)c1ccc(Cl)c(Cl)c1. The third-order valence-electron chi connectivity index (χ3n) is 4.13. The van der Waals surface area contributed by atoms with E-state index in [1.54, 1.807) is 30.3 Å². The number of amides is 1. The quantitative estimate of drug-likeness (QED) is 0.172. The maximum Gasteiger partial charge on any atom is 0.343 e. The molecular formula is C23H17BrCl2N2O5. The number of hydrogen-bond acceptors (Lipinski definition) is 6. The fourth-order valence-corrected chi connectivity index (χ4v) is 3.08. The minimum Gasteiger partial charge on any atom is -0.493 e. The first-order valence-electron chi connectivity index (χ1n) is 9.41. The maximum atomic E-state index is 12.4. The molecule has 0 saturated carbocycles. The highest BCUT2D eigenvalue weighted by Gasteiger charge is 2.14. The Balaban J connectivity index is 1.57. The molecule has 0 aromatic heterocycles. The molecule has 3 aromatic carbocycles. The zero-order valence-electron chi connectivity index (χ0n) is 17.2. The Morgan fingerprint density at radius 1 is 1.00 bits per heavy atom. The van der Waals surface area contributed by atoms with Crippen molar-refractivity contribution in [2.75, 3.05) is 13.7 Å². The first-order chi connectivity index (χ1) is 15.9. The average Bonchev–Trinajstić information content (AvgIpc) is 2.81. The maximum absolute atomic E-state index is 12.4. The molecule has 0 fully saturated rings. The third-order valence-corrected chi connectivity index (χ3v) is 5.40. The molecule has 0 unspecified atom stereocenters. The molecule has 3 rings (SSSR count). The van der Waals surface area contributed by atoms with E-state index in [0.717, 1.165) is 4.47 Å². The van der Waals surface area contributed by atoms with Gasteiger partial charge in [-0.1, -0.05) is 39.1 Å². The smallest absolute Gasteiger partial charge is 0.343 e. The van der Waals surface area contributed by atoms with E-state index in [2.05, 4.69) is 26.5 Å². The van der Waals surface area contributed by atoms with E-state index < -0.39 is 11.9 Å². The van der Waals surface area contributed by atoms with Gasteiger partial charge in [-0.25, -0.2) is 10.2 Å². The predicted molar refractivity (Wildman–Crippen MR) is 130 cm³/mol. The highest BCUT2D eigenvalue weighted by atomic mass is 79.9.